The fraction of sp³-hybridized carbons (Fsp3) is 0.364. The van der Waals surface area contributed by atoms with E-state index < -0.39 is 0 Å². The molecule has 1 aliphatic heterocycles. The number of hydrogen-bond acceptors (Lipinski definition) is 7. The zero-order valence-electron chi connectivity index (χ0n) is 17.9. The highest BCUT2D eigenvalue weighted by Gasteiger charge is 2.29. The van der Waals surface area contributed by atoms with Crippen LogP contribution in [0.15, 0.2) is 48.9 Å². The maximum absolute atomic E-state index is 12.8. The Morgan fingerprint density at radius 1 is 1.32 bits per heavy atom. The summed E-state index contributed by atoms with van der Waals surface area (Å²) < 4.78 is 13.1. The molecule has 1 aromatic carbocycles. The third kappa shape index (κ3) is 4.66. The van der Waals surface area contributed by atoms with Crippen LogP contribution in [0.4, 0.5) is 5.95 Å². The zero-order valence-corrected chi connectivity index (χ0v) is 17.9. The van der Waals surface area contributed by atoms with Gasteiger partial charge in [-0.1, -0.05) is 12.1 Å². The Labute approximate surface area is 181 Å². The third-order valence-corrected chi connectivity index (χ3v) is 5.17. The van der Waals surface area contributed by atoms with Crippen molar-refractivity contribution in [2.24, 2.45) is 0 Å². The number of methoxy groups -OCH3 is 1. The average molecular weight is 422 g/mol. The molecule has 162 valence electrons. The van der Waals surface area contributed by atoms with Crippen molar-refractivity contribution < 1.29 is 14.3 Å². The summed E-state index contributed by atoms with van der Waals surface area (Å²) in [5.74, 6) is 1.34. The van der Waals surface area contributed by atoms with E-state index in [1.54, 1.807) is 36.4 Å². The molecule has 3 heterocycles. The lowest BCUT2D eigenvalue weighted by atomic mass is 10.0. The molecular formula is C22H26N6O3. The summed E-state index contributed by atoms with van der Waals surface area (Å²) in [5, 5.41) is 4.13. The van der Waals surface area contributed by atoms with Gasteiger partial charge in [-0.3, -0.25) is 9.48 Å². The summed E-state index contributed by atoms with van der Waals surface area (Å²) >= 11 is 0. The first-order valence-electron chi connectivity index (χ1n) is 10.1. The number of anilines is 1. The van der Waals surface area contributed by atoms with Gasteiger partial charge in [-0.05, 0) is 23.8 Å². The third-order valence-electron chi connectivity index (χ3n) is 5.17. The highest BCUT2D eigenvalue weighted by atomic mass is 16.5. The molecule has 0 N–H and O–H groups in total. The van der Waals surface area contributed by atoms with Gasteiger partial charge >= 0.3 is 0 Å². The molecule has 4 rings (SSSR count). The van der Waals surface area contributed by atoms with Crippen LogP contribution < -0.4 is 9.64 Å². The van der Waals surface area contributed by atoms with Crippen molar-refractivity contribution in [1.82, 2.24) is 24.6 Å². The molecule has 3 aromatic rings. The average Bonchev–Trinajstić information content (AvgIpc) is 3.31. The molecule has 0 saturated carbocycles. The van der Waals surface area contributed by atoms with Crippen molar-refractivity contribution in [2.75, 3.05) is 45.8 Å². The predicted molar refractivity (Wildman–Crippen MR) is 116 cm³/mol. The van der Waals surface area contributed by atoms with Crippen LogP contribution in [0.2, 0.25) is 0 Å². The van der Waals surface area contributed by atoms with Crippen LogP contribution >= 0.6 is 0 Å². The number of benzene rings is 1. The van der Waals surface area contributed by atoms with Crippen LogP contribution in [0, 0.1) is 0 Å². The topological polar surface area (TPSA) is 85.6 Å². The number of amides is 1. The maximum Gasteiger partial charge on any atom is 0.244 e. The Hall–Kier alpha value is -3.46. The van der Waals surface area contributed by atoms with E-state index in [0.29, 0.717) is 25.6 Å². The zero-order chi connectivity index (χ0) is 21.8. The molecule has 1 atom stereocenters. The second kappa shape index (κ2) is 9.13. The Morgan fingerprint density at radius 2 is 2.19 bits per heavy atom. The van der Waals surface area contributed by atoms with Crippen molar-refractivity contribution in [2.45, 2.75) is 12.6 Å². The molecule has 0 spiro atoms. The van der Waals surface area contributed by atoms with Gasteiger partial charge in [-0.2, -0.15) is 5.10 Å². The summed E-state index contributed by atoms with van der Waals surface area (Å²) in [6, 6.07) is 9.56. The summed E-state index contributed by atoms with van der Waals surface area (Å²) in [6.45, 7) is 1.60. The van der Waals surface area contributed by atoms with Crippen LogP contribution in [0.5, 0.6) is 5.75 Å². The largest absolute Gasteiger partial charge is 0.497 e. The number of carbonyl (C=O) groups is 1. The highest BCUT2D eigenvalue weighted by Crippen LogP contribution is 2.33. The molecule has 9 heteroatoms. The molecule has 1 fully saturated rings. The van der Waals surface area contributed by atoms with E-state index in [4.69, 9.17) is 14.5 Å². The van der Waals surface area contributed by atoms with Crippen molar-refractivity contribution in [3.8, 4) is 16.9 Å². The molecule has 31 heavy (non-hydrogen) atoms. The summed E-state index contributed by atoms with van der Waals surface area (Å²) in [5.41, 5.74) is 2.54. The van der Waals surface area contributed by atoms with E-state index in [0.717, 1.165) is 22.6 Å². The van der Waals surface area contributed by atoms with E-state index in [2.05, 4.69) is 10.1 Å². The number of hydrogen-bond donors (Lipinski definition) is 0. The number of rotatable bonds is 6. The predicted octanol–water partition coefficient (Wildman–Crippen LogP) is 2.01. The van der Waals surface area contributed by atoms with Gasteiger partial charge in [0.2, 0.25) is 11.9 Å². The van der Waals surface area contributed by atoms with Gasteiger partial charge in [-0.25, -0.2) is 9.97 Å². The van der Waals surface area contributed by atoms with E-state index in [-0.39, 0.29) is 18.6 Å². The Balaban J connectivity index is 1.64. The van der Waals surface area contributed by atoms with Crippen molar-refractivity contribution >= 4 is 11.9 Å². The second-order valence-electron chi connectivity index (χ2n) is 7.50. The summed E-state index contributed by atoms with van der Waals surface area (Å²) in [6.07, 6.45) is 4.89. The van der Waals surface area contributed by atoms with Gasteiger partial charge in [0.25, 0.3) is 0 Å². The molecule has 1 amide bonds. The van der Waals surface area contributed by atoms with Crippen molar-refractivity contribution in [1.29, 1.82) is 0 Å². The minimum absolute atomic E-state index is 0.00168. The van der Waals surface area contributed by atoms with Gasteiger partial charge in [0.15, 0.2) is 0 Å². The number of ether oxygens (including phenoxy) is 2. The molecule has 0 aliphatic carbocycles. The standard InChI is InChI=1S/C22H26N6O3/c1-26(2)22-23-13-18(16-6-4-7-17(12-16)30-3)21(25-22)19-14-27(10-11-31-19)20(29)15-28-9-5-8-24-28/h4-9,12-13,19H,10-11,14-15H2,1-3H3/t19-/m0/s1. The smallest absolute Gasteiger partial charge is 0.244 e. The van der Waals surface area contributed by atoms with E-state index in [1.807, 2.05) is 48.2 Å². The normalized spacial score (nSPS) is 16.2. The minimum Gasteiger partial charge on any atom is -0.497 e. The Bertz CT molecular complexity index is 1040. The lowest BCUT2D eigenvalue weighted by Crippen LogP contribution is -2.44. The van der Waals surface area contributed by atoms with Crippen LogP contribution in [0.1, 0.15) is 11.8 Å². The Morgan fingerprint density at radius 3 is 2.94 bits per heavy atom. The number of nitrogens with zero attached hydrogens (tertiary/aromatic N) is 6. The molecule has 1 saturated heterocycles. The van der Waals surface area contributed by atoms with Crippen LogP contribution in [0.25, 0.3) is 11.1 Å². The Kier molecular flexibility index (Phi) is 6.13. The lowest BCUT2D eigenvalue weighted by Gasteiger charge is -2.33. The SMILES string of the molecule is COc1cccc(-c2cnc(N(C)C)nc2[C@@H]2CN(C(=O)Cn3cccn3)CCO2)c1. The molecule has 2 aromatic heterocycles. The van der Waals surface area contributed by atoms with Crippen molar-refractivity contribution in [3.05, 3.63) is 54.6 Å². The van der Waals surface area contributed by atoms with Crippen LogP contribution in [0.3, 0.4) is 0 Å². The lowest BCUT2D eigenvalue weighted by molar-refractivity contribution is -0.140. The number of morpholine rings is 1. The fourth-order valence-corrected chi connectivity index (χ4v) is 3.53. The maximum atomic E-state index is 12.8. The van der Waals surface area contributed by atoms with Gasteiger partial charge in [-0.15, -0.1) is 0 Å². The van der Waals surface area contributed by atoms with Gasteiger partial charge < -0.3 is 19.3 Å². The molecule has 0 radical (unpaired) electrons. The fourth-order valence-electron chi connectivity index (χ4n) is 3.53. The van der Waals surface area contributed by atoms with Crippen LogP contribution in [-0.2, 0) is 16.1 Å². The highest BCUT2D eigenvalue weighted by molar-refractivity contribution is 5.76. The molecule has 1 aliphatic rings. The van der Waals surface area contributed by atoms with Gasteiger partial charge in [0, 0.05) is 44.8 Å². The number of carbonyl (C=O) groups excluding carboxylic acids is 1. The second-order valence-corrected chi connectivity index (χ2v) is 7.50. The van der Waals surface area contributed by atoms with Gasteiger partial charge in [0.1, 0.15) is 18.4 Å². The summed E-state index contributed by atoms with van der Waals surface area (Å²) in [4.78, 5) is 25.8. The van der Waals surface area contributed by atoms with Crippen molar-refractivity contribution in [3.63, 3.8) is 0 Å². The van der Waals surface area contributed by atoms with Crippen LogP contribution in [-0.4, -0.2) is 71.5 Å². The van der Waals surface area contributed by atoms with E-state index in [9.17, 15) is 4.79 Å². The first-order chi connectivity index (χ1) is 15.0. The first-order valence-corrected chi connectivity index (χ1v) is 10.1. The summed E-state index contributed by atoms with van der Waals surface area (Å²) in [7, 11) is 5.43. The number of aromatic nitrogens is 4. The molecule has 0 bridgehead atoms. The molecule has 0 unspecified atom stereocenters. The minimum atomic E-state index is -0.363. The molecule has 9 nitrogen and oxygen atoms in total. The molecular weight excluding hydrogens is 396 g/mol. The quantitative estimate of drug-likeness (QED) is 0.601. The van der Waals surface area contributed by atoms with E-state index >= 15 is 0 Å². The van der Waals surface area contributed by atoms with E-state index in [1.165, 1.54) is 0 Å². The first kappa shape index (κ1) is 20.8. The monoisotopic (exact) mass is 422 g/mol. The van der Waals surface area contributed by atoms with Gasteiger partial charge in [0.05, 0.1) is 26.0 Å².